The van der Waals surface area contributed by atoms with Gasteiger partial charge in [0.25, 0.3) is 0 Å². The Morgan fingerprint density at radius 2 is 1.65 bits per heavy atom. The van der Waals surface area contributed by atoms with Crippen LogP contribution in [0.25, 0.3) is 6.08 Å². The number of benzene rings is 2. The molecule has 0 aliphatic heterocycles. The first kappa shape index (κ1) is 13.9. The monoisotopic (exact) mass is 268 g/mol. The fourth-order valence-electron chi connectivity index (χ4n) is 1.82. The molecule has 0 aliphatic carbocycles. The van der Waals surface area contributed by atoms with E-state index >= 15 is 0 Å². The summed E-state index contributed by atoms with van der Waals surface area (Å²) in [5.74, 6) is 1.08. The molecule has 0 heterocycles. The van der Waals surface area contributed by atoms with E-state index in [4.69, 9.17) is 9.47 Å². The van der Waals surface area contributed by atoms with E-state index in [2.05, 4.69) is 0 Å². The van der Waals surface area contributed by atoms with Crippen LogP contribution in [0.4, 0.5) is 0 Å². The molecule has 0 fully saturated rings. The van der Waals surface area contributed by atoms with E-state index in [1.807, 2.05) is 30.3 Å². The van der Waals surface area contributed by atoms with Crippen LogP contribution in [0.5, 0.6) is 11.5 Å². The highest BCUT2D eigenvalue weighted by Gasteiger charge is 2.08. The van der Waals surface area contributed by atoms with Gasteiger partial charge in [0.05, 0.1) is 14.2 Å². The summed E-state index contributed by atoms with van der Waals surface area (Å²) < 4.78 is 10.3. The van der Waals surface area contributed by atoms with Crippen molar-refractivity contribution in [2.24, 2.45) is 0 Å². The van der Waals surface area contributed by atoms with Crippen molar-refractivity contribution in [3.63, 3.8) is 0 Å². The van der Waals surface area contributed by atoms with E-state index in [0.29, 0.717) is 17.1 Å². The molecule has 0 unspecified atom stereocenters. The Hall–Kier alpha value is -2.55. The number of hydrogen-bond acceptors (Lipinski definition) is 3. The summed E-state index contributed by atoms with van der Waals surface area (Å²) in [6.07, 6.45) is 3.34. The molecule has 0 N–H and O–H groups in total. The SMILES string of the molecule is COc1ccc(C(=O)/C=C/c2ccccc2)cc1OC. The first-order valence-corrected chi connectivity index (χ1v) is 6.24. The van der Waals surface area contributed by atoms with E-state index in [1.165, 1.54) is 0 Å². The van der Waals surface area contributed by atoms with Gasteiger partial charge in [-0.15, -0.1) is 0 Å². The molecule has 0 spiro atoms. The standard InChI is InChI=1S/C17H16O3/c1-19-16-11-9-14(12-17(16)20-2)15(18)10-8-13-6-4-3-5-7-13/h3-12H,1-2H3/b10-8+. The lowest BCUT2D eigenvalue weighted by Crippen LogP contribution is -1.97. The molecule has 2 rings (SSSR count). The lowest BCUT2D eigenvalue weighted by molar-refractivity contribution is 0.104. The van der Waals surface area contributed by atoms with Crippen molar-refractivity contribution < 1.29 is 14.3 Å². The predicted octanol–water partition coefficient (Wildman–Crippen LogP) is 3.60. The third kappa shape index (κ3) is 3.26. The summed E-state index contributed by atoms with van der Waals surface area (Å²) in [4.78, 5) is 12.1. The average molecular weight is 268 g/mol. The van der Waals surface area contributed by atoms with Gasteiger partial charge in [0, 0.05) is 5.56 Å². The zero-order chi connectivity index (χ0) is 14.4. The molecular formula is C17H16O3. The molecule has 0 aromatic heterocycles. The van der Waals surface area contributed by atoms with Crippen molar-refractivity contribution >= 4 is 11.9 Å². The number of methoxy groups -OCH3 is 2. The zero-order valence-corrected chi connectivity index (χ0v) is 11.5. The summed E-state index contributed by atoms with van der Waals surface area (Å²) in [6.45, 7) is 0. The summed E-state index contributed by atoms with van der Waals surface area (Å²) >= 11 is 0. The molecule has 102 valence electrons. The minimum Gasteiger partial charge on any atom is -0.493 e. The van der Waals surface area contributed by atoms with E-state index in [-0.39, 0.29) is 5.78 Å². The minimum absolute atomic E-state index is 0.0743. The maximum atomic E-state index is 12.1. The van der Waals surface area contributed by atoms with Gasteiger partial charge < -0.3 is 9.47 Å². The summed E-state index contributed by atoms with van der Waals surface area (Å²) in [6, 6.07) is 14.8. The summed E-state index contributed by atoms with van der Waals surface area (Å²) in [5, 5.41) is 0. The molecule has 0 amide bonds. The zero-order valence-electron chi connectivity index (χ0n) is 11.5. The van der Waals surface area contributed by atoms with Gasteiger partial charge in [0.2, 0.25) is 0 Å². The topological polar surface area (TPSA) is 35.5 Å². The Kier molecular flexibility index (Phi) is 4.56. The lowest BCUT2D eigenvalue weighted by Gasteiger charge is -2.07. The van der Waals surface area contributed by atoms with Crippen LogP contribution in [0, 0.1) is 0 Å². The number of ether oxygens (including phenoxy) is 2. The molecule has 3 heteroatoms. The third-order valence-corrected chi connectivity index (χ3v) is 2.89. The highest BCUT2D eigenvalue weighted by molar-refractivity contribution is 6.07. The largest absolute Gasteiger partial charge is 0.493 e. The molecule has 2 aromatic carbocycles. The van der Waals surface area contributed by atoms with Crippen molar-refractivity contribution in [1.82, 2.24) is 0 Å². The predicted molar refractivity (Wildman–Crippen MR) is 79.4 cm³/mol. The fraction of sp³-hybridized carbons (Fsp3) is 0.118. The smallest absolute Gasteiger partial charge is 0.185 e. The lowest BCUT2D eigenvalue weighted by atomic mass is 10.1. The Morgan fingerprint density at radius 1 is 0.950 bits per heavy atom. The van der Waals surface area contributed by atoms with Gasteiger partial charge in [-0.2, -0.15) is 0 Å². The van der Waals surface area contributed by atoms with Crippen LogP contribution in [0.3, 0.4) is 0 Å². The Bertz CT molecular complexity index is 615. The van der Waals surface area contributed by atoms with E-state index in [0.717, 1.165) is 5.56 Å². The van der Waals surface area contributed by atoms with E-state index in [9.17, 15) is 4.79 Å². The molecule has 3 nitrogen and oxygen atoms in total. The van der Waals surface area contributed by atoms with Gasteiger partial charge in [-0.1, -0.05) is 36.4 Å². The van der Waals surface area contributed by atoms with Gasteiger partial charge >= 0.3 is 0 Å². The second-order valence-electron chi connectivity index (χ2n) is 4.18. The Balaban J connectivity index is 2.19. The molecule has 2 aromatic rings. The molecule has 0 radical (unpaired) electrons. The molecule has 20 heavy (non-hydrogen) atoms. The Labute approximate surface area is 118 Å². The number of allylic oxidation sites excluding steroid dienone is 1. The minimum atomic E-state index is -0.0743. The number of hydrogen-bond donors (Lipinski definition) is 0. The van der Waals surface area contributed by atoms with Crippen molar-refractivity contribution in [3.8, 4) is 11.5 Å². The first-order valence-electron chi connectivity index (χ1n) is 6.24. The van der Waals surface area contributed by atoms with E-state index in [1.54, 1.807) is 44.6 Å². The van der Waals surface area contributed by atoms with Crippen LogP contribution in [-0.4, -0.2) is 20.0 Å². The van der Waals surface area contributed by atoms with Crippen LogP contribution in [0.1, 0.15) is 15.9 Å². The second-order valence-corrected chi connectivity index (χ2v) is 4.18. The highest BCUT2D eigenvalue weighted by Crippen LogP contribution is 2.27. The van der Waals surface area contributed by atoms with Gasteiger partial charge in [-0.25, -0.2) is 0 Å². The molecular weight excluding hydrogens is 252 g/mol. The van der Waals surface area contributed by atoms with Gasteiger partial charge in [-0.3, -0.25) is 4.79 Å². The van der Waals surface area contributed by atoms with Crippen LogP contribution in [0.2, 0.25) is 0 Å². The van der Waals surface area contributed by atoms with Gasteiger partial charge in [0.1, 0.15) is 0 Å². The van der Waals surface area contributed by atoms with Crippen LogP contribution in [0.15, 0.2) is 54.6 Å². The molecule has 0 atom stereocenters. The highest BCUT2D eigenvalue weighted by atomic mass is 16.5. The normalized spacial score (nSPS) is 10.5. The van der Waals surface area contributed by atoms with Gasteiger partial charge in [0.15, 0.2) is 17.3 Å². The maximum Gasteiger partial charge on any atom is 0.185 e. The molecule has 0 saturated heterocycles. The first-order chi connectivity index (χ1) is 9.74. The second kappa shape index (κ2) is 6.57. The molecule has 0 bridgehead atoms. The fourth-order valence-corrected chi connectivity index (χ4v) is 1.82. The molecule has 0 saturated carbocycles. The number of ketones is 1. The van der Waals surface area contributed by atoms with Crippen LogP contribution in [-0.2, 0) is 0 Å². The van der Waals surface area contributed by atoms with Gasteiger partial charge in [-0.05, 0) is 29.8 Å². The van der Waals surface area contributed by atoms with Crippen molar-refractivity contribution in [2.75, 3.05) is 14.2 Å². The van der Waals surface area contributed by atoms with Crippen LogP contribution < -0.4 is 9.47 Å². The Morgan fingerprint density at radius 3 is 2.30 bits per heavy atom. The number of carbonyl (C=O) groups excluding carboxylic acids is 1. The van der Waals surface area contributed by atoms with E-state index < -0.39 is 0 Å². The third-order valence-electron chi connectivity index (χ3n) is 2.89. The number of carbonyl (C=O) groups is 1. The maximum absolute atomic E-state index is 12.1. The summed E-state index contributed by atoms with van der Waals surface area (Å²) in [7, 11) is 3.11. The van der Waals surface area contributed by atoms with Crippen molar-refractivity contribution in [2.45, 2.75) is 0 Å². The molecule has 0 aliphatic rings. The van der Waals surface area contributed by atoms with Crippen molar-refractivity contribution in [1.29, 1.82) is 0 Å². The summed E-state index contributed by atoms with van der Waals surface area (Å²) in [5.41, 5.74) is 1.55. The average Bonchev–Trinajstić information content (AvgIpc) is 2.52. The van der Waals surface area contributed by atoms with Crippen molar-refractivity contribution in [3.05, 3.63) is 65.7 Å². The quantitative estimate of drug-likeness (QED) is 0.614. The van der Waals surface area contributed by atoms with Crippen LogP contribution >= 0.6 is 0 Å². The number of rotatable bonds is 5.